The molecule has 0 saturated carbocycles. The topological polar surface area (TPSA) is 99.8 Å². The molecule has 9 heteroatoms. The summed E-state index contributed by atoms with van der Waals surface area (Å²) in [5, 5.41) is 10.00. The van der Waals surface area contributed by atoms with E-state index in [0.29, 0.717) is 21.6 Å². The maximum absolute atomic E-state index is 12.7. The number of H-pyrrole nitrogens is 1. The summed E-state index contributed by atoms with van der Waals surface area (Å²) < 4.78 is 0. The van der Waals surface area contributed by atoms with Crippen LogP contribution >= 0.6 is 22.7 Å². The molecule has 2 amide bonds. The SMILES string of the molecule is CC(C)C[C@@H](NC(=O)Cc1csc(NC(=O)c2cccs2)n1)c1nc2ccccc2[nH]1. The van der Waals surface area contributed by atoms with E-state index in [4.69, 9.17) is 0 Å². The molecule has 0 spiro atoms. The zero-order chi connectivity index (χ0) is 21.8. The molecule has 0 saturated heterocycles. The van der Waals surface area contributed by atoms with Gasteiger partial charge in [0.2, 0.25) is 5.91 Å². The maximum atomic E-state index is 12.7. The van der Waals surface area contributed by atoms with Crippen LogP contribution in [0, 0.1) is 5.92 Å². The van der Waals surface area contributed by atoms with Crippen LogP contribution in [0.5, 0.6) is 0 Å². The Hall–Kier alpha value is -3.04. The first-order chi connectivity index (χ1) is 15.0. The number of fused-ring (bicyclic) bond motifs is 1. The molecule has 3 aromatic heterocycles. The predicted molar refractivity (Wildman–Crippen MR) is 125 cm³/mol. The number of rotatable bonds is 8. The fourth-order valence-electron chi connectivity index (χ4n) is 3.27. The maximum Gasteiger partial charge on any atom is 0.267 e. The van der Waals surface area contributed by atoms with Gasteiger partial charge in [-0.3, -0.25) is 14.9 Å². The van der Waals surface area contributed by atoms with Crippen molar-refractivity contribution in [3.8, 4) is 0 Å². The van der Waals surface area contributed by atoms with Gasteiger partial charge in [-0.25, -0.2) is 9.97 Å². The molecule has 0 aliphatic heterocycles. The summed E-state index contributed by atoms with van der Waals surface area (Å²) in [6.45, 7) is 4.23. The van der Waals surface area contributed by atoms with Crippen molar-refractivity contribution in [2.75, 3.05) is 5.32 Å². The van der Waals surface area contributed by atoms with Gasteiger partial charge in [0.05, 0.1) is 34.1 Å². The molecule has 160 valence electrons. The lowest BCUT2D eigenvalue weighted by atomic mass is 10.0. The summed E-state index contributed by atoms with van der Waals surface area (Å²) in [6, 6.07) is 11.2. The molecule has 3 N–H and O–H groups in total. The number of nitrogens with one attached hydrogen (secondary N) is 3. The van der Waals surface area contributed by atoms with E-state index < -0.39 is 0 Å². The van der Waals surface area contributed by atoms with Gasteiger partial charge in [0, 0.05) is 5.38 Å². The second kappa shape index (κ2) is 9.40. The van der Waals surface area contributed by atoms with Crippen molar-refractivity contribution in [1.82, 2.24) is 20.3 Å². The highest BCUT2D eigenvalue weighted by atomic mass is 32.1. The largest absolute Gasteiger partial charge is 0.346 e. The Bertz CT molecular complexity index is 1150. The quantitative estimate of drug-likeness (QED) is 0.357. The first-order valence-electron chi connectivity index (χ1n) is 10.0. The smallest absolute Gasteiger partial charge is 0.267 e. The number of carbonyl (C=O) groups is 2. The normalized spacial score (nSPS) is 12.2. The Balaban J connectivity index is 1.41. The van der Waals surface area contributed by atoms with Crippen LogP contribution in [0.3, 0.4) is 0 Å². The van der Waals surface area contributed by atoms with E-state index in [0.717, 1.165) is 23.3 Å². The van der Waals surface area contributed by atoms with Crippen molar-refractivity contribution in [2.45, 2.75) is 32.7 Å². The first kappa shape index (κ1) is 21.2. The van der Waals surface area contributed by atoms with E-state index in [1.54, 1.807) is 11.4 Å². The molecule has 7 nitrogen and oxygen atoms in total. The number of carbonyl (C=O) groups excluding carboxylic acids is 2. The third-order valence-corrected chi connectivity index (χ3v) is 6.31. The minimum absolute atomic E-state index is 0.132. The zero-order valence-electron chi connectivity index (χ0n) is 17.2. The van der Waals surface area contributed by atoms with Crippen molar-refractivity contribution < 1.29 is 9.59 Å². The number of amides is 2. The van der Waals surface area contributed by atoms with Gasteiger partial charge in [0.25, 0.3) is 5.91 Å². The number of para-hydroxylation sites is 2. The Morgan fingerprint density at radius 2 is 1.94 bits per heavy atom. The summed E-state index contributed by atoms with van der Waals surface area (Å²) in [5.74, 6) is 0.817. The van der Waals surface area contributed by atoms with Gasteiger partial charge in [0.1, 0.15) is 5.82 Å². The van der Waals surface area contributed by atoms with Crippen molar-refractivity contribution in [2.24, 2.45) is 5.92 Å². The summed E-state index contributed by atoms with van der Waals surface area (Å²) in [6.07, 6.45) is 0.908. The second-order valence-electron chi connectivity index (χ2n) is 7.64. The van der Waals surface area contributed by atoms with Gasteiger partial charge in [-0.2, -0.15) is 0 Å². The molecule has 31 heavy (non-hydrogen) atoms. The highest BCUT2D eigenvalue weighted by Crippen LogP contribution is 2.23. The molecule has 3 heterocycles. The van der Waals surface area contributed by atoms with Crippen LogP contribution in [0.15, 0.2) is 47.2 Å². The van der Waals surface area contributed by atoms with Crippen LogP contribution in [-0.4, -0.2) is 26.8 Å². The van der Waals surface area contributed by atoms with Crippen LogP contribution in [0.4, 0.5) is 5.13 Å². The summed E-state index contributed by atoms with van der Waals surface area (Å²) >= 11 is 2.68. The Labute approximate surface area is 187 Å². The highest BCUT2D eigenvalue weighted by molar-refractivity contribution is 7.14. The van der Waals surface area contributed by atoms with Crippen molar-refractivity contribution in [3.63, 3.8) is 0 Å². The Kier molecular flexibility index (Phi) is 6.43. The van der Waals surface area contributed by atoms with Crippen LogP contribution in [0.1, 0.15) is 47.5 Å². The molecule has 0 radical (unpaired) electrons. The average molecular weight is 454 g/mol. The van der Waals surface area contributed by atoms with Crippen molar-refractivity contribution >= 4 is 50.7 Å². The number of thiophene rings is 1. The van der Waals surface area contributed by atoms with E-state index >= 15 is 0 Å². The molecule has 1 aromatic carbocycles. The summed E-state index contributed by atoms with van der Waals surface area (Å²) in [5.41, 5.74) is 2.45. The first-order valence-corrected chi connectivity index (χ1v) is 11.8. The molecular weight excluding hydrogens is 430 g/mol. The lowest BCUT2D eigenvalue weighted by Gasteiger charge is -2.18. The van der Waals surface area contributed by atoms with E-state index in [1.165, 1.54) is 22.7 Å². The number of imidazole rings is 1. The standard InChI is InChI=1S/C22H23N5O2S2/c1-13(2)10-17(20-25-15-6-3-4-7-16(15)26-20)24-19(28)11-14-12-31-22(23-14)27-21(29)18-8-5-9-30-18/h3-9,12-13,17H,10-11H2,1-2H3,(H,24,28)(H,25,26)(H,23,27,29)/t17-/m1/s1. The van der Waals surface area contributed by atoms with Crippen LogP contribution < -0.4 is 10.6 Å². The average Bonchev–Trinajstić information content (AvgIpc) is 3.47. The minimum atomic E-state index is -0.212. The van der Waals surface area contributed by atoms with Crippen molar-refractivity contribution in [3.05, 3.63) is 63.6 Å². The Morgan fingerprint density at radius 1 is 1.10 bits per heavy atom. The fourth-order valence-corrected chi connectivity index (χ4v) is 4.59. The predicted octanol–water partition coefficient (Wildman–Crippen LogP) is 4.78. The van der Waals surface area contributed by atoms with Gasteiger partial charge in [-0.1, -0.05) is 32.0 Å². The third-order valence-electron chi connectivity index (χ3n) is 4.64. The van der Waals surface area contributed by atoms with E-state index in [1.807, 2.05) is 35.7 Å². The molecule has 1 atom stereocenters. The van der Waals surface area contributed by atoms with E-state index in [-0.39, 0.29) is 24.3 Å². The Morgan fingerprint density at radius 3 is 2.68 bits per heavy atom. The summed E-state index contributed by atoms with van der Waals surface area (Å²) in [7, 11) is 0. The number of aromatic amines is 1. The van der Waals surface area contributed by atoms with Gasteiger partial charge in [-0.15, -0.1) is 22.7 Å². The van der Waals surface area contributed by atoms with Crippen LogP contribution in [0.25, 0.3) is 11.0 Å². The van der Waals surface area contributed by atoms with Gasteiger partial charge < -0.3 is 10.3 Å². The molecule has 4 rings (SSSR count). The number of benzene rings is 1. The van der Waals surface area contributed by atoms with Gasteiger partial charge in [0.15, 0.2) is 5.13 Å². The molecule has 0 bridgehead atoms. The van der Waals surface area contributed by atoms with E-state index in [2.05, 4.69) is 39.4 Å². The molecular formula is C22H23N5O2S2. The van der Waals surface area contributed by atoms with E-state index in [9.17, 15) is 9.59 Å². The lowest BCUT2D eigenvalue weighted by Crippen LogP contribution is -2.31. The van der Waals surface area contributed by atoms with Gasteiger partial charge in [-0.05, 0) is 35.9 Å². The molecule has 4 aromatic rings. The van der Waals surface area contributed by atoms with Gasteiger partial charge >= 0.3 is 0 Å². The number of thiazole rings is 1. The van der Waals surface area contributed by atoms with Crippen molar-refractivity contribution in [1.29, 1.82) is 0 Å². The molecule has 0 unspecified atom stereocenters. The third kappa shape index (κ3) is 5.36. The molecule has 0 aliphatic carbocycles. The minimum Gasteiger partial charge on any atom is -0.346 e. The fraction of sp³-hybridized carbons (Fsp3) is 0.273. The number of aromatic nitrogens is 3. The zero-order valence-corrected chi connectivity index (χ0v) is 18.8. The second-order valence-corrected chi connectivity index (χ2v) is 9.45. The van der Waals surface area contributed by atoms with Crippen LogP contribution in [-0.2, 0) is 11.2 Å². The number of anilines is 1. The molecule has 0 aliphatic rings. The van der Waals surface area contributed by atoms with Crippen LogP contribution in [0.2, 0.25) is 0 Å². The number of hydrogen-bond acceptors (Lipinski definition) is 6. The lowest BCUT2D eigenvalue weighted by molar-refractivity contribution is -0.121. The monoisotopic (exact) mass is 453 g/mol. The molecule has 0 fully saturated rings. The number of nitrogens with zero attached hydrogens (tertiary/aromatic N) is 2. The number of hydrogen-bond donors (Lipinski definition) is 3. The highest BCUT2D eigenvalue weighted by Gasteiger charge is 2.20. The summed E-state index contributed by atoms with van der Waals surface area (Å²) in [4.78, 5) is 37.9.